The minimum atomic E-state index is -0.668. The quantitative estimate of drug-likeness (QED) is 0.742. The van der Waals surface area contributed by atoms with Gasteiger partial charge < -0.3 is 19.7 Å². The minimum Gasteiger partial charge on any atom is -0.491 e. The van der Waals surface area contributed by atoms with Crippen LogP contribution in [0.4, 0.5) is 5.69 Å². The Bertz CT molecular complexity index is 806. The van der Waals surface area contributed by atoms with E-state index >= 15 is 0 Å². The maximum Gasteiger partial charge on any atom is 0.258 e. The van der Waals surface area contributed by atoms with Gasteiger partial charge in [0.25, 0.3) is 5.91 Å². The van der Waals surface area contributed by atoms with Crippen LogP contribution >= 0.6 is 0 Å². The second kappa shape index (κ2) is 8.01. The molecule has 27 heavy (non-hydrogen) atoms. The van der Waals surface area contributed by atoms with Crippen molar-refractivity contribution >= 4 is 11.6 Å². The molecule has 1 unspecified atom stereocenters. The van der Waals surface area contributed by atoms with Crippen molar-refractivity contribution in [3.8, 4) is 5.75 Å². The molecular weight excluding hydrogens is 340 g/mol. The number of para-hydroxylation sites is 1. The number of carbonyl (C=O) groups is 1. The second-order valence-corrected chi connectivity index (χ2v) is 7.08. The molecule has 1 heterocycles. The lowest BCUT2D eigenvalue weighted by Gasteiger charge is -2.48. The Morgan fingerprint density at radius 1 is 1.11 bits per heavy atom. The molecule has 144 valence electrons. The van der Waals surface area contributed by atoms with Gasteiger partial charge in [0.1, 0.15) is 18.0 Å². The Kier molecular flexibility index (Phi) is 5.71. The highest BCUT2D eigenvalue weighted by Gasteiger charge is 2.43. The van der Waals surface area contributed by atoms with Crippen LogP contribution in [0.1, 0.15) is 43.6 Å². The lowest BCUT2D eigenvalue weighted by Crippen LogP contribution is -2.58. The number of carbonyl (C=O) groups excluding carboxylic acids is 1. The molecule has 0 saturated heterocycles. The number of hydrogen-bond acceptors (Lipinski definition) is 4. The lowest BCUT2D eigenvalue weighted by molar-refractivity contribution is 0.0433. The summed E-state index contributed by atoms with van der Waals surface area (Å²) in [7, 11) is 0. The van der Waals surface area contributed by atoms with Gasteiger partial charge in [0, 0.05) is 23.9 Å². The molecule has 1 atom stereocenters. The third kappa shape index (κ3) is 3.78. The number of fused-ring (bicyclic) bond motifs is 1. The minimum absolute atomic E-state index is 0.0320. The van der Waals surface area contributed by atoms with Crippen LogP contribution in [-0.4, -0.2) is 36.7 Å². The van der Waals surface area contributed by atoms with Gasteiger partial charge in [0.05, 0.1) is 12.2 Å². The zero-order valence-electron chi connectivity index (χ0n) is 16.5. The summed E-state index contributed by atoms with van der Waals surface area (Å²) in [5.74, 6) is 0.801. The molecule has 5 nitrogen and oxygen atoms in total. The first-order chi connectivity index (χ1) is 13.0. The van der Waals surface area contributed by atoms with Gasteiger partial charge in [-0.1, -0.05) is 24.3 Å². The number of benzene rings is 2. The SMILES string of the molecule is CCOCCOc1cccc(C2(C)Nc3ccccc3C(=O)N2C(C)C)c1. The summed E-state index contributed by atoms with van der Waals surface area (Å²) in [5, 5.41) is 3.58. The van der Waals surface area contributed by atoms with Gasteiger partial charge in [0.15, 0.2) is 0 Å². The van der Waals surface area contributed by atoms with E-state index in [1.807, 2.05) is 81.1 Å². The molecule has 1 N–H and O–H groups in total. The fraction of sp³-hybridized carbons (Fsp3) is 0.409. The molecular formula is C22H28N2O3. The van der Waals surface area contributed by atoms with E-state index in [4.69, 9.17) is 9.47 Å². The highest BCUT2D eigenvalue weighted by atomic mass is 16.5. The maximum absolute atomic E-state index is 13.2. The molecule has 3 rings (SSSR count). The number of nitrogens with one attached hydrogen (secondary N) is 1. The smallest absolute Gasteiger partial charge is 0.258 e. The molecule has 1 amide bonds. The summed E-state index contributed by atoms with van der Waals surface area (Å²) in [4.78, 5) is 15.1. The molecule has 0 bridgehead atoms. The highest BCUT2D eigenvalue weighted by molar-refractivity contribution is 6.02. The summed E-state index contributed by atoms with van der Waals surface area (Å²) >= 11 is 0. The van der Waals surface area contributed by atoms with Crippen molar-refractivity contribution in [3.05, 3.63) is 59.7 Å². The molecule has 1 aliphatic rings. The topological polar surface area (TPSA) is 50.8 Å². The van der Waals surface area contributed by atoms with Crippen molar-refractivity contribution < 1.29 is 14.3 Å². The summed E-state index contributed by atoms with van der Waals surface area (Å²) in [6.45, 7) is 9.81. The third-order valence-electron chi connectivity index (χ3n) is 4.85. The van der Waals surface area contributed by atoms with Crippen LogP contribution in [0.3, 0.4) is 0 Å². The molecule has 2 aromatic carbocycles. The van der Waals surface area contributed by atoms with Crippen LogP contribution in [0.25, 0.3) is 0 Å². The van der Waals surface area contributed by atoms with E-state index < -0.39 is 5.66 Å². The molecule has 1 aliphatic heterocycles. The predicted molar refractivity (Wildman–Crippen MR) is 107 cm³/mol. The Hall–Kier alpha value is -2.53. The Morgan fingerprint density at radius 2 is 1.89 bits per heavy atom. The lowest BCUT2D eigenvalue weighted by atomic mass is 9.92. The van der Waals surface area contributed by atoms with Crippen molar-refractivity contribution in [2.24, 2.45) is 0 Å². The van der Waals surface area contributed by atoms with Crippen molar-refractivity contribution in [1.82, 2.24) is 4.90 Å². The van der Waals surface area contributed by atoms with E-state index in [1.54, 1.807) is 0 Å². The zero-order chi connectivity index (χ0) is 19.4. The molecule has 0 aromatic heterocycles. The van der Waals surface area contributed by atoms with Crippen LogP contribution in [0.2, 0.25) is 0 Å². The van der Waals surface area contributed by atoms with Gasteiger partial charge in [0.2, 0.25) is 0 Å². The van der Waals surface area contributed by atoms with Crippen LogP contribution in [0.5, 0.6) is 5.75 Å². The molecule has 0 saturated carbocycles. The van der Waals surface area contributed by atoms with Crippen molar-refractivity contribution in [1.29, 1.82) is 0 Å². The molecule has 0 fully saturated rings. The first kappa shape index (κ1) is 19.2. The Labute approximate surface area is 161 Å². The van der Waals surface area contributed by atoms with Gasteiger partial charge in [-0.05, 0) is 52.0 Å². The number of rotatable bonds is 7. The fourth-order valence-corrected chi connectivity index (χ4v) is 3.65. The standard InChI is InChI=1S/C22H28N2O3/c1-5-26-13-14-27-18-10-8-9-17(15-18)22(4)23-20-12-7-6-11-19(20)21(25)24(22)16(2)3/h6-12,15-16,23H,5,13-14H2,1-4H3. The Morgan fingerprint density at radius 3 is 2.63 bits per heavy atom. The van der Waals surface area contributed by atoms with Gasteiger partial charge in [-0.2, -0.15) is 0 Å². The predicted octanol–water partition coefficient (Wildman–Crippen LogP) is 4.25. The van der Waals surface area contributed by atoms with Gasteiger partial charge in [-0.25, -0.2) is 0 Å². The Balaban J connectivity index is 1.94. The number of hydrogen-bond donors (Lipinski definition) is 1. The molecule has 0 radical (unpaired) electrons. The van der Waals surface area contributed by atoms with Crippen molar-refractivity contribution in [2.75, 3.05) is 25.1 Å². The largest absolute Gasteiger partial charge is 0.491 e. The van der Waals surface area contributed by atoms with Crippen LogP contribution in [0, 0.1) is 0 Å². The summed E-state index contributed by atoms with van der Waals surface area (Å²) in [6.07, 6.45) is 0. The van der Waals surface area contributed by atoms with Gasteiger partial charge in [-0.3, -0.25) is 4.79 Å². The number of amides is 1. The number of ether oxygens (including phenoxy) is 2. The summed E-state index contributed by atoms with van der Waals surface area (Å²) in [5.41, 5.74) is 1.86. The summed E-state index contributed by atoms with van der Waals surface area (Å²) in [6, 6.07) is 15.6. The monoisotopic (exact) mass is 368 g/mol. The van der Waals surface area contributed by atoms with Gasteiger partial charge >= 0.3 is 0 Å². The second-order valence-electron chi connectivity index (χ2n) is 7.08. The number of nitrogens with zero attached hydrogens (tertiary/aromatic N) is 1. The van der Waals surface area contributed by atoms with E-state index in [1.165, 1.54) is 0 Å². The van der Waals surface area contributed by atoms with Crippen molar-refractivity contribution in [2.45, 2.75) is 39.4 Å². The molecule has 0 spiro atoms. The van der Waals surface area contributed by atoms with E-state index in [0.29, 0.717) is 25.4 Å². The van der Waals surface area contributed by atoms with Crippen LogP contribution in [-0.2, 0) is 10.4 Å². The van der Waals surface area contributed by atoms with Crippen LogP contribution < -0.4 is 10.1 Å². The zero-order valence-corrected chi connectivity index (χ0v) is 16.5. The van der Waals surface area contributed by atoms with Gasteiger partial charge in [-0.15, -0.1) is 0 Å². The van der Waals surface area contributed by atoms with Crippen LogP contribution in [0.15, 0.2) is 48.5 Å². The molecule has 5 heteroatoms. The normalized spacial score (nSPS) is 19.0. The summed E-state index contributed by atoms with van der Waals surface area (Å²) < 4.78 is 11.2. The third-order valence-corrected chi connectivity index (χ3v) is 4.85. The van der Waals surface area contributed by atoms with E-state index in [9.17, 15) is 4.79 Å². The average Bonchev–Trinajstić information content (AvgIpc) is 2.65. The first-order valence-electron chi connectivity index (χ1n) is 9.49. The number of anilines is 1. The van der Waals surface area contributed by atoms with E-state index in [0.717, 1.165) is 17.0 Å². The van der Waals surface area contributed by atoms with E-state index in [2.05, 4.69) is 5.32 Å². The van der Waals surface area contributed by atoms with Crippen molar-refractivity contribution in [3.63, 3.8) is 0 Å². The fourth-order valence-electron chi connectivity index (χ4n) is 3.65. The average molecular weight is 368 g/mol. The molecule has 0 aliphatic carbocycles. The van der Waals surface area contributed by atoms with E-state index in [-0.39, 0.29) is 11.9 Å². The molecule has 2 aromatic rings. The maximum atomic E-state index is 13.2. The first-order valence-corrected chi connectivity index (χ1v) is 9.49. The highest BCUT2D eigenvalue weighted by Crippen LogP contribution is 2.39.